The molecule has 0 saturated carbocycles. The fourth-order valence-corrected chi connectivity index (χ4v) is 6.61. The summed E-state index contributed by atoms with van der Waals surface area (Å²) in [7, 11) is -3.70. The van der Waals surface area contributed by atoms with E-state index in [4.69, 9.17) is 10.5 Å². The molecule has 3 heterocycles. The Bertz CT molecular complexity index is 957. The number of hydrogen-bond donors (Lipinski definition) is 1. The van der Waals surface area contributed by atoms with E-state index in [-0.39, 0.29) is 43.1 Å². The number of morpholine rings is 1. The van der Waals surface area contributed by atoms with E-state index in [2.05, 4.69) is 0 Å². The van der Waals surface area contributed by atoms with Gasteiger partial charge in [0.05, 0.1) is 13.2 Å². The Morgan fingerprint density at radius 1 is 1.06 bits per heavy atom. The first-order chi connectivity index (χ1) is 15.2. The standard InChI is InChI=1S/C21H28F3N3O4S/c22-17-11-19(24)18(23)9-13(17)10-20(25)14-7-15-1-2-16(8-14)27(15)21(28)12-32(29,30)26-3-5-31-6-4-26/h9,11,14-16,20H,1-8,10,12,25H2/t15-,16-,20+/m0/s1. The molecule has 4 rings (SSSR count). The first-order valence-electron chi connectivity index (χ1n) is 10.9. The molecule has 3 saturated heterocycles. The van der Waals surface area contributed by atoms with Gasteiger partial charge >= 0.3 is 0 Å². The smallest absolute Gasteiger partial charge is 0.239 e. The van der Waals surface area contributed by atoms with Gasteiger partial charge in [0.25, 0.3) is 0 Å². The molecule has 7 nitrogen and oxygen atoms in total. The monoisotopic (exact) mass is 475 g/mol. The van der Waals surface area contributed by atoms with Crippen molar-refractivity contribution in [3.63, 3.8) is 0 Å². The highest BCUT2D eigenvalue weighted by molar-refractivity contribution is 7.89. The maximum atomic E-state index is 14.0. The van der Waals surface area contributed by atoms with Gasteiger partial charge in [0.1, 0.15) is 11.6 Å². The van der Waals surface area contributed by atoms with E-state index < -0.39 is 45.2 Å². The van der Waals surface area contributed by atoms with Crippen molar-refractivity contribution in [2.45, 2.75) is 50.2 Å². The lowest BCUT2D eigenvalue weighted by molar-refractivity contribution is -0.133. The molecule has 1 aromatic rings. The summed E-state index contributed by atoms with van der Waals surface area (Å²) in [5, 5.41) is 0. The average Bonchev–Trinajstić information content (AvgIpc) is 3.02. The molecule has 0 unspecified atom stereocenters. The van der Waals surface area contributed by atoms with Crippen molar-refractivity contribution in [3.8, 4) is 0 Å². The highest BCUT2D eigenvalue weighted by atomic mass is 32.2. The Hall–Kier alpha value is -1.69. The normalized spacial score (nSPS) is 27.5. The quantitative estimate of drug-likeness (QED) is 0.628. The van der Waals surface area contributed by atoms with Crippen LogP contribution in [0.25, 0.3) is 0 Å². The second-order valence-electron chi connectivity index (χ2n) is 8.91. The third kappa shape index (κ3) is 4.80. The van der Waals surface area contributed by atoms with Crippen LogP contribution in [0.2, 0.25) is 0 Å². The molecule has 3 aliphatic rings. The van der Waals surface area contributed by atoms with Crippen molar-refractivity contribution >= 4 is 15.9 Å². The predicted octanol–water partition coefficient (Wildman–Crippen LogP) is 1.41. The summed E-state index contributed by atoms with van der Waals surface area (Å²) >= 11 is 0. The van der Waals surface area contributed by atoms with Crippen LogP contribution in [0.1, 0.15) is 31.2 Å². The summed E-state index contributed by atoms with van der Waals surface area (Å²) in [4.78, 5) is 14.6. The number of fused-ring (bicyclic) bond motifs is 2. The van der Waals surface area contributed by atoms with E-state index in [9.17, 15) is 26.4 Å². The third-order valence-electron chi connectivity index (χ3n) is 6.88. The molecule has 2 N–H and O–H groups in total. The summed E-state index contributed by atoms with van der Waals surface area (Å²) in [6, 6.07) is 0.650. The Labute approximate surface area is 185 Å². The molecule has 0 aromatic heterocycles. The number of nitrogens with zero attached hydrogens (tertiary/aromatic N) is 2. The Balaban J connectivity index is 1.39. The van der Waals surface area contributed by atoms with E-state index in [1.165, 1.54) is 4.31 Å². The molecular formula is C21H28F3N3O4S. The van der Waals surface area contributed by atoms with Gasteiger partial charge in [-0.15, -0.1) is 0 Å². The number of benzene rings is 1. The predicted molar refractivity (Wildman–Crippen MR) is 111 cm³/mol. The number of carbonyl (C=O) groups is 1. The highest BCUT2D eigenvalue weighted by Gasteiger charge is 2.45. The number of sulfonamides is 1. The van der Waals surface area contributed by atoms with Gasteiger partial charge in [-0.25, -0.2) is 21.6 Å². The Morgan fingerprint density at radius 3 is 2.28 bits per heavy atom. The number of piperidine rings is 1. The lowest BCUT2D eigenvalue weighted by atomic mass is 9.82. The second-order valence-corrected chi connectivity index (χ2v) is 10.9. The maximum absolute atomic E-state index is 14.0. The van der Waals surface area contributed by atoms with Crippen LogP contribution in [0.5, 0.6) is 0 Å². The molecule has 178 valence electrons. The minimum absolute atomic E-state index is 0.0267. The van der Waals surface area contributed by atoms with E-state index >= 15 is 0 Å². The molecular weight excluding hydrogens is 447 g/mol. The van der Waals surface area contributed by atoms with Gasteiger partial charge < -0.3 is 15.4 Å². The molecule has 0 aliphatic carbocycles. The average molecular weight is 476 g/mol. The van der Waals surface area contributed by atoms with E-state index in [0.29, 0.717) is 32.1 Å². The van der Waals surface area contributed by atoms with Gasteiger partial charge in [-0.1, -0.05) is 0 Å². The van der Waals surface area contributed by atoms with Gasteiger partial charge in [-0.3, -0.25) is 4.79 Å². The van der Waals surface area contributed by atoms with Crippen LogP contribution in [0.4, 0.5) is 13.2 Å². The van der Waals surface area contributed by atoms with Gasteiger partial charge in [-0.05, 0) is 49.7 Å². The molecule has 1 amide bonds. The zero-order valence-electron chi connectivity index (χ0n) is 17.7. The molecule has 3 atom stereocenters. The summed E-state index contributed by atoms with van der Waals surface area (Å²) in [6.45, 7) is 1.14. The molecule has 11 heteroatoms. The highest BCUT2D eigenvalue weighted by Crippen LogP contribution is 2.40. The van der Waals surface area contributed by atoms with Crippen LogP contribution < -0.4 is 5.73 Å². The first kappa shape index (κ1) is 23.5. The SMILES string of the molecule is N[C@H](Cc1cc(F)c(F)cc1F)C1C[C@@H]2CC[C@@H](C1)N2C(=O)CS(=O)(=O)N1CCOCC1. The maximum Gasteiger partial charge on any atom is 0.239 e. The molecule has 32 heavy (non-hydrogen) atoms. The summed E-state index contributed by atoms with van der Waals surface area (Å²) in [5.41, 5.74) is 6.34. The van der Waals surface area contributed by atoms with Crippen molar-refractivity contribution in [1.29, 1.82) is 0 Å². The lowest BCUT2D eigenvalue weighted by Gasteiger charge is -2.41. The fraction of sp³-hybridized carbons (Fsp3) is 0.667. The summed E-state index contributed by atoms with van der Waals surface area (Å²) in [6.07, 6.45) is 2.73. The lowest BCUT2D eigenvalue weighted by Crippen LogP contribution is -2.53. The Kier molecular flexibility index (Phi) is 6.81. The van der Waals surface area contributed by atoms with Crippen LogP contribution in [-0.2, 0) is 26.0 Å². The molecule has 0 radical (unpaired) electrons. The van der Waals surface area contributed by atoms with Crippen molar-refractivity contribution in [2.24, 2.45) is 11.7 Å². The third-order valence-corrected chi connectivity index (χ3v) is 8.64. The van der Waals surface area contributed by atoms with Crippen LogP contribution in [0.15, 0.2) is 12.1 Å². The van der Waals surface area contributed by atoms with Crippen molar-refractivity contribution < 1.29 is 31.1 Å². The fourth-order valence-electron chi connectivity index (χ4n) is 5.26. The number of nitrogens with two attached hydrogens (primary N) is 1. The van der Waals surface area contributed by atoms with Crippen molar-refractivity contribution in [3.05, 3.63) is 35.1 Å². The number of hydrogen-bond acceptors (Lipinski definition) is 5. The van der Waals surface area contributed by atoms with Crippen molar-refractivity contribution in [2.75, 3.05) is 32.1 Å². The van der Waals surface area contributed by atoms with Gasteiger partial charge in [-0.2, -0.15) is 4.31 Å². The van der Waals surface area contributed by atoms with Crippen LogP contribution in [-0.4, -0.2) is 73.7 Å². The number of carbonyl (C=O) groups excluding carboxylic acids is 1. The van der Waals surface area contributed by atoms with E-state index in [1.807, 2.05) is 0 Å². The minimum Gasteiger partial charge on any atom is -0.379 e. The molecule has 3 aliphatic heterocycles. The largest absolute Gasteiger partial charge is 0.379 e. The zero-order valence-corrected chi connectivity index (χ0v) is 18.5. The summed E-state index contributed by atoms with van der Waals surface area (Å²) in [5.74, 6) is -4.17. The van der Waals surface area contributed by atoms with Gasteiger partial charge in [0.2, 0.25) is 15.9 Å². The Morgan fingerprint density at radius 2 is 1.66 bits per heavy atom. The van der Waals surface area contributed by atoms with Crippen LogP contribution in [0.3, 0.4) is 0 Å². The van der Waals surface area contributed by atoms with Gasteiger partial charge in [0, 0.05) is 37.3 Å². The zero-order chi connectivity index (χ0) is 23.0. The van der Waals surface area contributed by atoms with Crippen LogP contribution >= 0.6 is 0 Å². The minimum atomic E-state index is -3.70. The van der Waals surface area contributed by atoms with Crippen molar-refractivity contribution in [1.82, 2.24) is 9.21 Å². The molecule has 1 aromatic carbocycles. The molecule has 3 fully saturated rings. The summed E-state index contributed by atoms with van der Waals surface area (Å²) < 4.78 is 72.5. The van der Waals surface area contributed by atoms with Gasteiger partial charge in [0.15, 0.2) is 11.6 Å². The van der Waals surface area contributed by atoms with E-state index in [0.717, 1.165) is 18.9 Å². The molecule has 0 spiro atoms. The molecule has 2 bridgehead atoms. The van der Waals surface area contributed by atoms with Crippen LogP contribution in [0, 0.1) is 23.4 Å². The van der Waals surface area contributed by atoms with E-state index in [1.54, 1.807) is 4.90 Å². The number of amides is 1. The topological polar surface area (TPSA) is 92.9 Å². The number of rotatable bonds is 6. The number of ether oxygens (including phenoxy) is 1. The first-order valence-corrected chi connectivity index (χ1v) is 12.5. The second kappa shape index (κ2) is 9.28. The number of halogens is 3.